The smallest absolute Gasteiger partial charge is 0.269 e. The maximum Gasteiger partial charge on any atom is 0.269 e. The van der Waals surface area contributed by atoms with Gasteiger partial charge in [0.1, 0.15) is 5.75 Å². The molecule has 0 aromatic heterocycles. The molecule has 1 N–H and O–H groups in total. The first-order valence-corrected chi connectivity index (χ1v) is 6.88. The van der Waals surface area contributed by atoms with Gasteiger partial charge in [0, 0.05) is 17.7 Å². The van der Waals surface area contributed by atoms with E-state index in [9.17, 15) is 15.2 Å². The first-order chi connectivity index (χ1) is 11.0. The molecule has 0 fully saturated rings. The Bertz CT molecular complexity index is 755. The third kappa shape index (κ3) is 2.86. The second-order valence-electron chi connectivity index (χ2n) is 5.12. The van der Waals surface area contributed by atoms with Gasteiger partial charge in [0.05, 0.1) is 24.2 Å². The molecule has 2 aromatic carbocycles. The fourth-order valence-electron chi connectivity index (χ4n) is 2.36. The molecule has 0 saturated carbocycles. The van der Waals surface area contributed by atoms with Crippen LogP contribution in [-0.2, 0) is 10.6 Å². The van der Waals surface area contributed by atoms with Crippen molar-refractivity contribution in [1.29, 1.82) is 0 Å². The molecule has 0 aliphatic carbocycles. The topological polar surface area (TPSA) is 94.2 Å². The Labute approximate surface area is 131 Å². The molecule has 0 saturated heterocycles. The Morgan fingerprint density at radius 1 is 1.22 bits per heavy atom. The number of hydrogen-bond acceptors (Lipinski definition) is 6. The summed E-state index contributed by atoms with van der Waals surface area (Å²) >= 11 is 0. The molecule has 1 aliphatic rings. The van der Waals surface area contributed by atoms with Gasteiger partial charge in [-0.1, -0.05) is 5.16 Å². The average molecular weight is 314 g/mol. The van der Waals surface area contributed by atoms with Gasteiger partial charge in [0.25, 0.3) is 11.5 Å². The zero-order chi connectivity index (χ0) is 16.4. The Morgan fingerprint density at radius 2 is 1.87 bits per heavy atom. The molecule has 0 radical (unpaired) electrons. The van der Waals surface area contributed by atoms with Crippen LogP contribution >= 0.6 is 0 Å². The molecule has 7 nitrogen and oxygen atoms in total. The lowest BCUT2D eigenvalue weighted by molar-refractivity contribution is -0.384. The van der Waals surface area contributed by atoms with Crippen molar-refractivity contribution in [1.82, 2.24) is 0 Å². The van der Waals surface area contributed by atoms with E-state index in [0.717, 1.165) is 11.3 Å². The van der Waals surface area contributed by atoms with Gasteiger partial charge in [-0.15, -0.1) is 0 Å². The highest BCUT2D eigenvalue weighted by Gasteiger charge is 2.39. The highest BCUT2D eigenvalue weighted by atomic mass is 16.7. The first kappa shape index (κ1) is 15.0. The predicted octanol–water partition coefficient (Wildman–Crippen LogP) is 2.57. The number of oxime groups is 1. The standard InChI is InChI=1S/C16H14N2O5/c1-22-14-8-2-11(3-9-14)15-10-16(19,23-17-15)12-4-6-13(7-5-12)18(20)21/h2-9,19H,10H2,1H3. The molecular formula is C16H14N2O5. The molecule has 0 spiro atoms. The van der Waals surface area contributed by atoms with Crippen LogP contribution in [0.3, 0.4) is 0 Å². The minimum Gasteiger partial charge on any atom is -0.497 e. The molecule has 0 amide bonds. The van der Waals surface area contributed by atoms with E-state index in [1.54, 1.807) is 19.2 Å². The Kier molecular flexibility index (Phi) is 3.71. The number of nitro benzene ring substituents is 1. The monoisotopic (exact) mass is 314 g/mol. The average Bonchev–Trinajstić information content (AvgIpc) is 2.99. The van der Waals surface area contributed by atoms with Gasteiger partial charge in [0.2, 0.25) is 0 Å². The fourth-order valence-corrected chi connectivity index (χ4v) is 2.36. The van der Waals surface area contributed by atoms with Crippen molar-refractivity contribution >= 4 is 11.4 Å². The summed E-state index contributed by atoms with van der Waals surface area (Å²) in [7, 11) is 1.58. The molecule has 7 heteroatoms. The highest BCUT2D eigenvalue weighted by Crippen LogP contribution is 2.34. The number of nitrogens with zero attached hydrogens (tertiary/aromatic N) is 2. The first-order valence-electron chi connectivity index (χ1n) is 6.88. The van der Waals surface area contributed by atoms with E-state index < -0.39 is 10.7 Å². The van der Waals surface area contributed by atoms with Gasteiger partial charge in [-0.2, -0.15) is 0 Å². The van der Waals surface area contributed by atoms with Crippen LogP contribution in [-0.4, -0.2) is 22.9 Å². The van der Waals surface area contributed by atoms with Crippen LogP contribution in [0.5, 0.6) is 5.75 Å². The van der Waals surface area contributed by atoms with Crippen LogP contribution in [0, 0.1) is 10.1 Å². The quantitative estimate of drug-likeness (QED) is 0.691. The van der Waals surface area contributed by atoms with Gasteiger partial charge in [-0.05, 0) is 42.0 Å². The van der Waals surface area contributed by atoms with Crippen LogP contribution in [0.25, 0.3) is 0 Å². The van der Waals surface area contributed by atoms with Crippen molar-refractivity contribution in [2.24, 2.45) is 5.16 Å². The van der Waals surface area contributed by atoms with Crippen molar-refractivity contribution in [2.45, 2.75) is 12.2 Å². The molecule has 23 heavy (non-hydrogen) atoms. The van der Waals surface area contributed by atoms with E-state index in [0.29, 0.717) is 11.3 Å². The zero-order valence-electron chi connectivity index (χ0n) is 12.3. The number of benzene rings is 2. The van der Waals surface area contributed by atoms with Crippen molar-refractivity contribution in [3.05, 3.63) is 69.8 Å². The SMILES string of the molecule is COc1ccc(C2=NOC(O)(c3ccc([N+](=O)[O-])cc3)C2)cc1. The molecule has 1 heterocycles. The molecule has 0 bridgehead atoms. The summed E-state index contributed by atoms with van der Waals surface area (Å²) in [4.78, 5) is 15.4. The van der Waals surface area contributed by atoms with E-state index in [-0.39, 0.29) is 12.1 Å². The van der Waals surface area contributed by atoms with Crippen LogP contribution in [0.1, 0.15) is 17.5 Å². The molecule has 118 valence electrons. The van der Waals surface area contributed by atoms with E-state index in [1.807, 2.05) is 12.1 Å². The molecule has 1 aliphatic heterocycles. The fraction of sp³-hybridized carbons (Fsp3) is 0.188. The number of non-ortho nitro benzene ring substituents is 1. The van der Waals surface area contributed by atoms with Crippen molar-refractivity contribution < 1.29 is 19.6 Å². The lowest BCUT2D eigenvalue weighted by Gasteiger charge is -2.19. The van der Waals surface area contributed by atoms with Gasteiger partial charge in [0.15, 0.2) is 0 Å². The number of hydrogen-bond donors (Lipinski definition) is 1. The van der Waals surface area contributed by atoms with Gasteiger partial charge < -0.3 is 14.7 Å². The number of aliphatic hydroxyl groups is 1. The van der Waals surface area contributed by atoms with Gasteiger partial charge in [-0.25, -0.2) is 0 Å². The lowest BCUT2D eigenvalue weighted by Crippen LogP contribution is -2.25. The number of rotatable bonds is 4. The molecular weight excluding hydrogens is 300 g/mol. The van der Waals surface area contributed by atoms with Gasteiger partial charge in [-0.3, -0.25) is 10.1 Å². The summed E-state index contributed by atoms with van der Waals surface area (Å²) in [5, 5.41) is 25.2. The predicted molar refractivity (Wildman–Crippen MR) is 82.2 cm³/mol. The molecule has 3 rings (SSSR count). The summed E-state index contributed by atoms with van der Waals surface area (Å²) in [6, 6.07) is 12.8. The minimum atomic E-state index is -1.62. The summed E-state index contributed by atoms with van der Waals surface area (Å²) in [6.07, 6.45) is 0.150. The largest absolute Gasteiger partial charge is 0.497 e. The highest BCUT2D eigenvalue weighted by molar-refractivity contribution is 6.01. The summed E-state index contributed by atoms with van der Waals surface area (Å²) in [5.41, 5.74) is 1.76. The summed E-state index contributed by atoms with van der Waals surface area (Å²) in [6.45, 7) is 0. The van der Waals surface area contributed by atoms with Crippen LogP contribution in [0.15, 0.2) is 53.7 Å². The van der Waals surface area contributed by atoms with E-state index >= 15 is 0 Å². The minimum absolute atomic E-state index is 0.0494. The Hall–Kier alpha value is -2.93. The molecule has 2 aromatic rings. The van der Waals surface area contributed by atoms with Crippen molar-refractivity contribution in [3.8, 4) is 5.75 Å². The third-order valence-corrected chi connectivity index (χ3v) is 3.67. The number of nitro groups is 1. The third-order valence-electron chi connectivity index (χ3n) is 3.67. The second kappa shape index (κ2) is 5.69. The molecule has 1 unspecified atom stereocenters. The lowest BCUT2D eigenvalue weighted by atomic mass is 9.97. The van der Waals surface area contributed by atoms with Crippen LogP contribution in [0.4, 0.5) is 5.69 Å². The number of methoxy groups -OCH3 is 1. The van der Waals surface area contributed by atoms with Crippen molar-refractivity contribution in [2.75, 3.05) is 7.11 Å². The maximum absolute atomic E-state index is 10.7. The number of ether oxygens (including phenoxy) is 1. The Morgan fingerprint density at radius 3 is 2.43 bits per heavy atom. The second-order valence-corrected chi connectivity index (χ2v) is 5.12. The summed E-state index contributed by atoms with van der Waals surface area (Å²) < 4.78 is 5.10. The van der Waals surface area contributed by atoms with E-state index in [4.69, 9.17) is 9.57 Å². The molecule has 1 atom stereocenters. The van der Waals surface area contributed by atoms with E-state index in [2.05, 4.69) is 5.16 Å². The van der Waals surface area contributed by atoms with Gasteiger partial charge >= 0.3 is 0 Å². The van der Waals surface area contributed by atoms with E-state index in [1.165, 1.54) is 24.3 Å². The van der Waals surface area contributed by atoms with Crippen LogP contribution < -0.4 is 4.74 Å². The zero-order valence-corrected chi connectivity index (χ0v) is 12.3. The summed E-state index contributed by atoms with van der Waals surface area (Å²) in [5.74, 6) is -0.899. The maximum atomic E-state index is 10.7. The Balaban J connectivity index is 1.79. The normalized spacial score (nSPS) is 19.8. The van der Waals surface area contributed by atoms with Crippen molar-refractivity contribution in [3.63, 3.8) is 0 Å². The van der Waals surface area contributed by atoms with Crippen LogP contribution in [0.2, 0.25) is 0 Å².